The molecule has 0 saturated heterocycles. The van der Waals surface area contributed by atoms with Gasteiger partial charge in [0.25, 0.3) is 5.91 Å². The Hall–Kier alpha value is -4.20. The molecule has 1 N–H and O–H groups in total. The summed E-state index contributed by atoms with van der Waals surface area (Å²) >= 11 is 0. The molecule has 4 rings (SSSR count). The summed E-state index contributed by atoms with van der Waals surface area (Å²) in [6.07, 6.45) is -1.86. The summed E-state index contributed by atoms with van der Waals surface area (Å²) in [7, 11) is -3.99. The van der Waals surface area contributed by atoms with Crippen LogP contribution in [0.25, 0.3) is 22.6 Å². The number of carbonyl (C=O) groups excluding carboxylic acids is 1. The Bertz CT molecular complexity index is 1600. The van der Waals surface area contributed by atoms with Crippen molar-refractivity contribution in [2.24, 2.45) is 0 Å². The summed E-state index contributed by atoms with van der Waals surface area (Å²) in [5.41, 5.74) is 0.882. The molecule has 0 aliphatic carbocycles. The van der Waals surface area contributed by atoms with Crippen LogP contribution in [0.5, 0.6) is 5.75 Å². The number of halogens is 4. The van der Waals surface area contributed by atoms with Gasteiger partial charge in [0.15, 0.2) is 15.5 Å². The van der Waals surface area contributed by atoms with Gasteiger partial charge in [-0.1, -0.05) is 0 Å². The molecule has 3 aromatic heterocycles. The van der Waals surface area contributed by atoms with Crippen LogP contribution in [-0.4, -0.2) is 46.9 Å². The highest BCUT2D eigenvalue weighted by molar-refractivity contribution is 7.90. The maximum atomic E-state index is 13.4. The lowest BCUT2D eigenvalue weighted by Gasteiger charge is -2.18. The minimum Gasteiger partial charge on any atom is -0.406 e. The summed E-state index contributed by atoms with van der Waals surface area (Å²) in [5.74, 6) is -2.37. The number of sulfone groups is 1. The summed E-state index contributed by atoms with van der Waals surface area (Å²) in [4.78, 5) is 29.6. The lowest BCUT2D eigenvalue weighted by atomic mass is 10.1. The van der Waals surface area contributed by atoms with E-state index in [-0.39, 0.29) is 22.7 Å². The first-order valence-corrected chi connectivity index (χ1v) is 12.4. The van der Waals surface area contributed by atoms with E-state index in [2.05, 4.69) is 30.0 Å². The zero-order valence-corrected chi connectivity index (χ0v) is 19.9. The van der Waals surface area contributed by atoms with Crippen LogP contribution in [0, 0.1) is 5.82 Å². The van der Waals surface area contributed by atoms with E-state index in [4.69, 9.17) is 0 Å². The van der Waals surface area contributed by atoms with E-state index in [1.54, 1.807) is 12.1 Å². The summed E-state index contributed by atoms with van der Waals surface area (Å²) < 4.78 is 79.6. The molecule has 0 spiro atoms. The van der Waals surface area contributed by atoms with Crippen LogP contribution in [-0.2, 0) is 9.84 Å². The molecular formula is C23H17F4N5O4S. The van der Waals surface area contributed by atoms with Crippen LogP contribution in [0.1, 0.15) is 29.0 Å². The van der Waals surface area contributed by atoms with E-state index in [0.29, 0.717) is 11.6 Å². The number of pyridine rings is 2. The van der Waals surface area contributed by atoms with E-state index >= 15 is 0 Å². The Balaban J connectivity index is 1.74. The number of aromatic nitrogens is 4. The first-order valence-electron chi connectivity index (χ1n) is 10.5. The summed E-state index contributed by atoms with van der Waals surface area (Å²) in [6.45, 7) is 1.53. The fourth-order valence-electron chi connectivity index (χ4n) is 3.37. The van der Waals surface area contributed by atoms with Gasteiger partial charge in [-0.05, 0) is 49.4 Å². The molecule has 1 unspecified atom stereocenters. The molecule has 9 nitrogen and oxygen atoms in total. The molecule has 14 heteroatoms. The molecular weight excluding hydrogens is 518 g/mol. The van der Waals surface area contributed by atoms with Gasteiger partial charge >= 0.3 is 6.36 Å². The first-order chi connectivity index (χ1) is 17.3. The standard InChI is InChI=1S/C23H17F4N5O4S/c1-12(30-22(33)13-8-15(36-23(25,26)27)10-16(9-13)37(2,34)35)19-20(17-6-5-14(24)11-29-17)31-18-4-3-7-28-21(18)32-19/h3-12H,1-2H3,(H,30,33). The van der Waals surface area contributed by atoms with Crippen LogP contribution in [0.2, 0.25) is 0 Å². The Morgan fingerprint density at radius 3 is 2.49 bits per heavy atom. The molecule has 1 atom stereocenters. The fraction of sp³-hybridized carbons (Fsp3) is 0.174. The topological polar surface area (TPSA) is 124 Å². The zero-order valence-electron chi connectivity index (χ0n) is 19.1. The van der Waals surface area contributed by atoms with Crippen molar-refractivity contribution in [3.63, 3.8) is 0 Å². The molecule has 1 amide bonds. The second-order valence-corrected chi connectivity index (χ2v) is 9.89. The minimum absolute atomic E-state index is 0.185. The van der Waals surface area contributed by atoms with Gasteiger partial charge in [-0.3, -0.25) is 9.78 Å². The van der Waals surface area contributed by atoms with Crippen molar-refractivity contribution < 1.29 is 35.5 Å². The van der Waals surface area contributed by atoms with Crippen molar-refractivity contribution in [2.45, 2.75) is 24.2 Å². The van der Waals surface area contributed by atoms with E-state index in [9.17, 15) is 30.8 Å². The molecule has 0 aliphatic rings. The second kappa shape index (κ2) is 9.69. The monoisotopic (exact) mass is 535 g/mol. The van der Waals surface area contributed by atoms with Gasteiger partial charge in [0.05, 0.1) is 28.5 Å². The number of ether oxygens (including phenoxy) is 1. The predicted octanol–water partition coefficient (Wildman–Crippen LogP) is 4.02. The molecule has 4 aromatic rings. The third-order valence-electron chi connectivity index (χ3n) is 5.00. The van der Waals surface area contributed by atoms with Crippen LogP contribution in [0.3, 0.4) is 0 Å². The molecule has 0 aliphatic heterocycles. The summed E-state index contributed by atoms with van der Waals surface area (Å²) in [6, 6.07) is 7.27. The number of nitrogens with one attached hydrogen (secondary N) is 1. The predicted molar refractivity (Wildman–Crippen MR) is 123 cm³/mol. The third kappa shape index (κ3) is 6.14. The maximum absolute atomic E-state index is 13.4. The number of carbonyl (C=O) groups is 1. The van der Waals surface area contributed by atoms with Gasteiger partial charge in [-0.2, -0.15) is 0 Å². The third-order valence-corrected chi connectivity index (χ3v) is 6.09. The Kier molecular flexibility index (Phi) is 6.78. The Labute approximate surface area is 207 Å². The number of benzene rings is 1. The number of amides is 1. The lowest BCUT2D eigenvalue weighted by Crippen LogP contribution is -2.28. The SMILES string of the molecule is CC(NC(=O)c1cc(OC(F)(F)F)cc(S(C)(=O)=O)c1)c1nc2ncccc2nc1-c1ccc(F)cn1. The molecule has 0 fully saturated rings. The smallest absolute Gasteiger partial charge is 0.406 e. The van der Waals surface area contributed by atoms with E-state index in [0.717, 1.165) is 24.6 Å². The van der Waals surface area contributed by atoms with E-state index in [1.165, 1.54) is 25.3 Å². The van der Waals surface area contributed by atoms with Crippen molar-refractivity contribution in [3.05, 3.63) is 71.9 Å². The molecule has 0 radical (unpaired) electrons. The molecule has 192 valence electrons. The van der Waals surface area contributed by atoms with Crippen molar-refractivity contribution >= 4 is 26.9 Å². The van der Waals surface area contributed by atoms with Gasteiger partial charge < -0.3 is 10.1 Å². The normalized spacial score (nSPS) is 12.8. The van der Waals surface area contributed by atoms with Gasteiger partial charge in [-0.15, -0.1) is 13.2 Å². The molecule has 0 bridgehead atoms. The second-order valence-electron chi connectivity index (χ2n) is 7.87. The number of hydrogen-bond donors (Lipinski definition) is 1. The Morgan fingerprint density at radius 2 is 1.84 bits per heavy atom. The van der Waals surface area contributed by atoms with Gasteiger partial charge in [0.2, 0.25) is 0 Å². The Morgan fingerprint density at radius 1 is 1.08 bits per heavy atom. The number of nitrogens with zero attached hydrogens (tertiary/aromatic N) is 4. The van der Waals surface area contributed by atoms with Crippen LogP contribution in [0.15, 0.2) is 59.8 Å². The van der Waals surface area contributed by atoms with Gasteiger partial charge in [0, 0.05) is 18.0 Å². The maximum Gasteiger partial charge on any atom is 0.573 e. The minimum atomic E-state index is -5.11. The number of fused-ring (bicyclic) bond motifs is 1. The zero-order chi connectivity index (χ0) is 27.0. The highest BCUT2D eigenvalue weighted by atomic mass is 32.2. The quantitative estimate of drug-likeness (QED) is 0.367. The van der Waals surface area contributed by atoms with Crippen LogP contribution in [0.4, 0.5) is 17.6 Å². The molecule has 37 heavy (non-hydrogen) atoms. The fourth-order valence-corrected chi connectivity index (χ4v) is 4.04. The number of hydrogen-bond acceptors (Lipinski definition) is 8. The van der Waals surface area contributed by atoms with Crippen molar-refractivity contribution in [1.82, 2.24) is 25.3 Å². The van der Waals surface area contributed by atoms with Gasteiger partial charge in [-0.25, -0.2) is 27.8 Å². The van der Waals surface area contributed by atoms with Crippen molar-refractivity contribution in [1.29, 1.82) is 0 Å². The largest absolute Gasteiger partial charge is 0.573 e. The van der Waals surface area contributed by atoms with Crippen LogP contribution >= 0.6 is 0 Å². The molecule has 1 aromatic carbocycles. The van der Waals surface area contributed by atoms with Crippen molar-refractivity contribution in [2.75, 3.05) is 6.26 Å². The summed E-state index contributed by atoms with van der Waals surface area (Å²) in [5, 5.41) is 2.56. The number of rotatable bonds is 6. The average molecular weight is 535 g/mol. The van der Waals surface area contributed by atoms with E-state index < -0.39 is 50.2 Å². The first kappa shape index (κ1) is 25.9. The molecule has 3 heterocycles. The van der Waals surface area contributed by atoms with E-state index in [1.807, 2.05) is 0 Å². The molecule has 0 saturated carbocycles. The van der Waals surface area contributed by atoms with Crippen molar-refractivity contribution in [3.8, 4) is 17.1 Å². The van der Waals surface area contributed by atoms with Gasteiger partial charge in [0.1, 0.15) is 22.8 Å². The average Bonchev–Trinajstić information content (AvgIpc) is 2.82. The number of alkyl halides is 3. The highest BCUT2D eigenvalue weighted by Gasteiger charge is 2.32. The highest BCUT2D eigenvalue weighted by Crippen LogP contribution is 2.29. The van der Waals surface area contributed by atoms with Crippen LogP contribution < -0.4 is 10.1 Å². The lowest BCUT2D eigenvalue weighted by molar-refractivity contribution is -0.274.